The van der Waals surface area contributed by atoms with Crippen LogP contribution in [-0.4, -0.2) is 52.6 Å². The van der Waals surface area contributed by atoms with Crippen molar-refractivity contribution in [1.82, 2.24) is 9.80 Å². The van der Waals surface area contributed by atoms with Crippen molar-refractivity contribution < 1.29 is 19.1 Å². The highest BCUT2D eigenvalue weighted by atomic mass is 35.5. The number of halogens is 1. The lowest BCUT2D eigenvalue weighted by Crippen LogP contribution is -2.53. The number of nitrogens with two attached hydrogens (primary N) is 1. The molecule has 198 valence electrons. The molecule has 0 bridgehead atoms. The zero-order valence-electron chi connectivity index (χ0n) is 21.6. The van der Waals surface area contributed by atoms with Crippen LogP contribution in [-0.2, 0) is 9.53 Å². The Morgan fingerprint density at radius 2 is 1.74 bits per heavy atom. The number of para-hydroxylation sites is 1. The van der Waals surface area contributed by atoms with Crippen LogP contribution in [0.3, 0.4) is 0 Å². The van der Waals surface area contributed by atoms with Crippen molar-refractivity contribution in [3.05, 3.63) is 76.7 Å². The van der Waals surface area contributed by atoms with Crippen LogP contribution in [0.2, 0.25) is 0 Å². The summed E-state index contributed by atoms with van der Waals surface area (Å²) in [5.74, 6) is 1.09. The number of piperidine rings is 1. The highest BCUT2D eigenvalue weighted by molar-refractivity contribution is 6.34. The van der Waals surface area contributed by atoms with Gasteiger partial charge in [-0.2, -0.15) is 0 Å². The van der Waals surface area contributed by atoms with E-state index in [1.165, 1.54) is 0 Å². The van der Waals surface area contributed by atoms with E-state index in [1.807, 2.05) is 80.3 Å². The molecule has 2 aromatic rings. The van der Waals surface area contributed by atoms with E-state index >= 15 is 0 Å². The minimum Gasteiger partial charge on any atom is -0.457 e. The average Bonchev–Trinajstić information content (AvgIpc) is 3.20. The predicted molar refractivity (Wildman–Crippen MR) is 143 cm³/mol. The van der Waals surface area contributed by atoms with Crippen LogP contribution >= 0.6 is 11.6 Å². The molecule has 2 amide bonds. The number of fused-ring (bicyclic) bond motifs is 1. The van der Waals surface area contributed by atoms with E-state index in [9.17, 15) is 9.59 Å². The summed E-state index contributed by atoms with van der Waals surface area (Å²) in [5.41, 5.74) is 7.60. The lowest BCUT2D eigenvalue weighted by molar-refractivity contribution is -0.122. The summed E-state index contributed by atoms with van der Waals surface area (Å²) in [6, 6.07) is 15.9. The topological polar surface area (TPSA) is 110 Å². The van der Waals surface area contributed by atoms with Crippen LogP contribution in [0.15, 0.2) is 81.4 Å². The molecule has 10 heteroatoms. The number of carbonyl (C=O) groups is 2. The van der Waals surface area contributed by atoms with Gasteiger partial charge in [0.05, 0.1) is 0 Å². The van der Waals surface area contributed by atoms with Crippen LogP contribution < -0.4 is 10.5 Å². The molecule has 0 spiro atoms. The number of nitrogens with zero attached hydrogens (tertiary/aromatic N) is 4. The van der Waals surface area contributed by atoms with Crippen molar-refractivity contribution in [2.45, 2.75) is 51.3 Å². The normalized spacial score (nSPS) is 21.6. The third kappa shape index (κ3) is 5.11. The van der Waals surface area contributed by atoms with Crippen LogP contribution in [0.4, 0.5) is 4.79 Å². The van der Waals surface area contributed by atoms with E-state index in [4.69, 9.17) is 26.8 Å². The number of benzene rings is 2. The van der Waals surface area contributed by atoms with Gasteiger partial charge in [0.1, 0.15) is 28.3 Å². The van der Waals surface area contributed by atoms with Gasteiger partial charge in [-0.05, 0) is 63.4 Å². The molecule has 5 rings (SSSR count). The number of amides is 2. The zero-order valence-corrected chi connectivity index (χ0v) is 22.3. The highest BCUT2D eigenvalue weighted by Gasteiger charge is 2.48. The lowest BCUT2D eigenvalue weighted by Gasteiger charge is -2.41. The van der Waals surface area contributed by atoms with E-state index in [1.54, 1.807) is 4.90 Å². The standard InChI is InChI=1S/C28H30ClN5O4/c1-28(2,3)38-27(36)33-15-7-8-18(16-33)34-23-22(25(30)31-32-26(23)35)21(24(34)29)17-11-13-20(14-12-17)37-19-9-5-4-6-10-19/h4-6,9-14,18,23H,7-8,15-16,30H2,1-3H3/t18-,23?/m1/s1. The molecule has 9 nitrogen and oxygen atoms in total. The Labute approximate surface area is 226 Å². The molecular formula is C28H30ClN5O4. The highest BCUT2D eigenvalue weighted by Crippen LogP contribution is 2.47. The molecule has 0 aromatic heterocycles. The summed E-state index contributed by atoms with van der Waals surface area (Å²) >= 11 is 7.04. The molecule has 3 aliphatic rings. The quantitative estimate of drug-likeness (QED) is 0.508. The second-order valence-electron chi connectivity index (χ2n) is 10.5. The minimum atomic E-state index is -0.807. The Morgan fingerprint density at radius 1 is 1.05 bits per heavy atom. The maximum Gasteiger partial charge on any atom is 0.410 e. The maximum absolute atomic E-state index is 13.1. The van der Waals surface area contributed by atoms with Crippen LogP contribution in [0.1, 0.15) is 39.2 Å². The van der Waals surface area contributed by atoms with Gasteiger partial charge in [0, 0.05) is 30.3 Å². The lowest BCUT2D eigenvalue weighted by atomic mass is 9.94. The first-order valence-corrected chi connectivity index (χ1v) is 12.9. The van der Waals surface area contributed by atoms with Gasteiger partial charge < -0.3 is 25.0 Å². The van der Waals surface area contributed by atoms with Crippen molar-refractivity contribution in [3.8, 4) is 11.5 Å². The Morgan fingerprint density at radius 3 is 2.42 bits per heavy atom. The van der Waals surface area contributed by atoms with Crippen molar-refractivity contribution in [2.24, 2.45) is 16.0 Å². The molecule has 38 heavy (non-hydrogen) atoms. The third-order valence-corrected chi connectivity index (χ3v) is 6.97. The van der Waals surface area contributed by atoms with Crippen LogP contribution in [0.5, 0.6) is 11.5 Å². The molecule has 1 fully saturated rings. The Hall–Kier alpha value is -3.85. The summed E-state index contributed by atoms with van der Waals surface area (Å²) in [6.45, 7) is 6.43. The fourth-order valence-corrected chi connectivity index (χ4v) is 5.43. The fraction of sp³-hybridized carbons (Fsp3) is 0.357. The molecule has 3 heterocycles. The molecule has 0 saturated carbocycles. The first-order chi connectivity index (χ1) is 18.1. The SMILES string of the molecule is CC(C)(C)OC(=O)N1CCC[C@@H](N2C(Cl)=C(c3ccc(Oc4ccccc4)cc3)C3=C(N)N=NC(=O)C32)C1. The van der Waals surface area contributed by atoms with Crippen LogP contribution in [0.25, 0.3) is 5.57 Å². The van der Waals surface area contributed by atoms with Gasteiger partial charge in [0.25, 0.3) is 5.91 Å². The van der Waals surface area contributed by atoms with Crippen molar-refractivity contribution in [3.63, 3.8) is 0 Å². The Bertz CT molecular complexity index is 1330. The average molecular weight is 536 g/mol. The second kappa shape index (κ2) is 10.1. The van der Waals surface area contributed by atoms with Gasteiger partial charge in [-0.3, -0.25) is 4.79 Å². The number of rotatable bonds is 4. The maximum atomic E-state index is 13.1. The summed E-state index contributed by atoms with van der Waals surface area (Å²) in [4.78, 5) is 29.4. The molecule has 2 N–H and O–H groups in total. The molecular weight excluding hydrogens is 506 g/mol. The summed E-state index contributed by atoms with van der Waals surface area (Å²) in [5, 5.41) is 8.06. The van der Waals surface area contributed by atoms with E-state index < -0.39 is 17.6 Å². The number of carbonyl (C=O) groups excluding carboxylic acids is 2. The number of azo groups is 1. The number of likely N-dealkylation sites (tertiary alicyclic amines) is 1. The zero-order chi connectivity index (χ0) is 27.0. The number of hydrogen-bond acceptors (Lipinski definition) is 7. The smallest absolute Gasteiger partial charge is 0.410 e. The van der Waals surface area contributed by atoms with Crippen molar-refractivity contribution in [1.29, 1.82) is 0 Å². The van der Waals surface area contributed by atoms with Gasteiger partial charge >= 0.3 is 6.09 Å². The Balaban J connectivity index is 1.46. The van der Waals surface area contributed by atoms with Crippen molar-refractivity contribution in [2.75, 3.05) is 13.1 Å². The minimum absolute atomic E-state index is 0.148. The molecule has 3 aliphatic heterocycles. The molecule has 1 saturated heterocycles. The van der Waals surface area contributed by atoms with Gasteiger partial charge in [0.2, 0.25) is 0 Å². The van der Waals surface area contributed by atoms with Gasteiger partial charge in [-0.15, -0.1) is 10.2 Å². The van der Waals surface area contributed by atoms with E-state index in [0.29, 0.717) is 35.1 Å². The van der Waals surface area contributed by atoms with E-state index in [-0.39, 0.29) is 18.0 Å². The van der Waals surface area contributed by atoms with Gasteiger partial charge in [0.15, 0.2) is 5.82 Å². The summed E-state index contributed by atoms with van der Waals surface area (Å²) < 4.78 is 11.5. The first-order valence-electron chi connectivity index (χ1n) is 12.6. The number of ether oxygens (including phenoxy) is 2. The molecule has 0 aliphatic carbocycles. The van der Waals surface area contributed by atoms with E-state index in [2.05, 4.69) is 10.2 Å². The largest absolute Gasteiger partial charge is 0.457 e. The third-order valence-electron chi connectivity index (χ3n) is 6.58. The van der Waals surface area contributed by atoms with Gasteiger partial charge in [-0.25, -0.2) is 4.79 Å². The summed E-state index contributed by atoms with van der Waals surface area (Å²) in [7, 11) is 0. The van der Waals surface area contributed by atoms with E-state index in [0.717, 1.165) is 24.2 Å². The molecule has 0 radical (unpaired) electrons. The number of hydrogen-bond donors (Lipinski definition) is 1. The predicted octanol–water partition coefficient (Wildman–Crippen LogP) is 5.63. The van der Waals surface area contributed by atoms with Gasteiger partial charge in [-0.1, -0.05) is 41.9 Å². The fourth-order valence-electron chi connectivity index (χ4n) is 4.99. The second-order valence-corrected chi connectivity index (χ2v) is 10.8. The van der Waals surface area contributed by atoms with Crippen LogP contribution in [0, 0.1) is 0 Å². The molecule has 2 atom stereocenters. The first kappa shape index (κ1) is 25.8. The monoisotopic (exact) mass is 535 g/mol. The Kier molecular flexibility index (Phi) is 6.88. The summed E-state index contributed by atoms with van der Waals surface area (Å²) in [6.07, 6.45) is 1.09. The molecule has 1 unspecified atom stereocenters. The molecule has 2 aromatic carbocycles. The van der Waals surface area contributed by atoms with Crippen molar-refractivity contribution >= 4 is 29.2 Å².